The van der Waals surface area contributed by atoms with E-state index >= 15 is 0 Å². The number of sulfone groups is 1. The molecule has 0 spiro atoms. The van der Waals surface area contributed by atoms with Gasteiger partial charge in [-0.1, -0.05) is 12.1 Å². The van der Waals surface area contributed by atoms with Gasteiger partial charge in [-0.05, 0) is 26.0 Å². The van der Waals surface area contributed by atoms with E-state index in [9.17, 15) is 22.0 Å². The molecule has 2 aromatic rings. The summed E-state index contributed by atoms with van der Waals surface area (Å²) in [6.07, 6.45) is 0. The summed E-state index contributed by atoms with van der Waals surface area (Å²) >= 11 is 0. The third-order valence-corrected chi connectivity index (χ3v) is 6.17. The Kier molecular flexibility index (Phi) is 6.49. The summed E-state index contributed by atoms with van der Waals surface area (Å²) < 4.78 is 49.9. The van der Waals surface area contributed by atoms with Gasteiger partial charge >= 0.3 is 5.76 Å². The first-order chi connectivity index (χ1) is 14.2. The highest BCUT2D eigenvalue weighted by Crippen LogP contribution is 2.24. The van der Waals surface area contributed by atoms with Crippen LogP contribution in [0.25, 0.3) is 0 Å². The van der Waals surface area contributed by atoms with Crippen molar-refractivity contribution >= 4 is 27.4 Å². The van der Waals surface area contributed by atoms with E-state index in [0.717, 1.165) is 18.4 Å². The number of piperazine rings is 1. The molecule has 0 bridgehead atoms. The number of aryl methyl sites for hydroxylation is 1. The average molecular weight is 439 g/mol. The van der Waals surface area contributed by atoms with Gasteiger partial charge in [0.25, 0.3) is 5.91 Å². The van der Waals surface area contributed by atoms with Crippen LogP contribution in [0.2, 0.25) is 0 Å². The van der Waals surface area contributed by atoms with E-state index in [0.29, 0.717) is 37.8 Å². The highest BCUT2D eigenvalue weighted by Gasteiger charge is 2.33. The number of nitrogens with zero attached hydrogens (tertiary/aromatic N) is 4. The minimum atomic E-state index is -4.88. The number of hydrogen-bond donors (Lipinski definition) is 1. The van der Waals surface area contributed by atoms with Crippen LogP contribution < -0.4 is 10.2 Å². The Hall–Kier alpha value is -2.82. The molecule has 1 aliphatic heterocycles. The van der Waals surface area contributed by atoms with Crippen molar-refractivity contribution in [1.29, 1.82) is 0 Å². The van der Waals surface area contributed by atoms with Crippen LogP contribution in [0.1, 0.15) is 23.1 Å². The standard InChI is InChI=1S/C19H23F2N5O3S/c1-3-22-16-12-17(24-13(2)23-16)25-8-10-26(11-9-25)18(27)14-6-4-5-7-15(14)30(28,29)19(20)21/h4-7,12,19H,3,8-11H2,1-2H3,(H,22,23,24). The number of aromatic nitrogens is 2. The second-order valence-electron chi connectivity index (χ2n) is 6.77. The molecular weight excluding hydrogens is 416 g/mol. The second kappa shape index (κ2) is 8.90. The van der Waals surface area contributed by atoms with E-state index in [2.05, 4.69) is 15.3 Å². The van der Waals surface area contributed by atoms with Gasteiger partial charge in [-0.3, -0.25) is 4.79 Å². The zero-order chi connectivity index (χ0) is 21.9. The van der Waals surface area contributed by atoms with Crippen molar-refractivity contribution in [3.05, 3.63) is 41.7 Å². The summed E-state index contributed by atoms with van der Waals surface area (Å²) in [7, 11) is -4.88. The van der Waals surface area contributed by atoms with E-state index in [1.807, 2.05) is 17.9 Å². The van der Waals surface area contributed by atoms with Crippen molar-refractivity contribution in [1.82, 2.24) is 14.9 Å². The number of rotatable bonds is 6. The number of halogens is 2. The highest BCUT2D eigenvalue weighted by atomic mass is 32.2. The van der Waals surface area contributed by atoms with Gasteiger partial charge in [-0.2, -0.15) is 8.78 Å². The van der Waals surface area contributed by atoms with Crippen LogP contribution in [0.3, 0.4) is 0 Å². The van der Waals surface area contributed by atoms with Crippen molar-refractivity contribution in [2.45, 2.75) is 24.5 Å². The summed E-state index contributed by atoms with van der Waals surface area (Å²) in [5, 5.41) is 3.15. The van der Waals surface area contributed by atoms with Crippen molar-refractivity contribution in [2.75, 3.05) is 42.9 Å². The number of nitrogens with one attached hydrogen (secondary N) is 1. The summed E-state index contributed by atoms with van der Waals surface area (Å²) in [4.78, 5) is 24.5. The highest BCUT2D eigenvalue weighted by molar-refractivity contribution is 7.91. The molecule has 0 atom stereocenters. The molecule has 2 heterocycles. The van der Waals surface area contributed by atoms with Crippen LogP contribution in [-0.2, 0) is 9.84 Å². The van der Waals surface area contributed by atoms with Crippen LogP contribution >= 0.6 is 0 Å². The molecule has 1 saturated heterocycles. The third kappa shape index (κ3) is 4.50. The maximum atomic E-state index is 13.0. The van der Waals surface area contributed by atoms with Gasteiger partial charge in [0.15, 0.2) is 0 Å². The predicted molar refractivity (Wildman–Crippen MR) is 109 cm³/mol. The van der Waals surface area contributed by atoms with E-state index in [1.54, 1.807) is 6.92 Å². The van der Waals surface area contributed by atoms with Gasteiger partial charge < -0.3 is 15.1 Å². The number of benzene rings is 1. The van der Waals surface area contributed by atoms with Crippen LogP contribution in [0, 0.1) is 6.92 Å². The zero-order valence-electron chi connectivity index (χ0n) is 16.7. The predicted octanol–water partition coefficient (Wildman–Crippen LogP) is 2.18. The van der Waals surface area contributed by atoms with Crippen molar-refractivity contribution in [3.63, 3.8) is 0 Å². The van der Waals surface area contributed by atoms with E-state index < -0.39 is 26.4 Å². The van der Waals surface area contributed by atoms with Gasteiger partial charge in [0, 0.05) is 38.8 Å². The van der Waals surface area contributed by atoms with E-state index in [4.69, 9.17) is 0 Å². The Labute approximate surface area is 173 Å². The number of carbonyl (C=O) groups is 1. The van der Waals surface area contributed by atoms with Gasteiger partial charge in [-0.15, -0.1) is 0 Å². The van der Waals surface area contributed by atoms with Crippen molar-refractivity contribution in [2.24, 2.45) is 0 Å². The Balaban J connectivity index is 1.76. The molecule has 0 aliphatic carbocycles. The maximum Gasteiger partial charge on any atom is 0.341 e. The summed E-state index contributed by atoms with van der Waals surface area (Å²) in [5.74, 6) is -2.11. The molecule has 1 aromatic heterocycles. The molecule has 1 aromatic carbocycles. The molecule has 1 fully saturated rings. The normalized spacial score (nSPS) is 14.8. The lowest BCUT2D eigenvalue weighted by atomic mass is 10.2. The third-order valence-electron chi connectivity index (χ3n) is 4.73. The largest absolute Gasteiger partial charge is 0.370 e. The molecule has 1 amide bonds. The molecule has 3 rings (SSSR count). The minimum Gasteiger partial charge on any atom is -0.370 e. The molecule has 11 heteroatoms. The molecule has 8 nitrogen and oxygen atoms in total. The number of alkyl halides is 2. The Morgan fingerprint density at radius 2 is 1.83 bits per heavy atom. The molecular formula is C19H23F2N5O3S. The number of amides is 1. The molecule has 30 heavy (non-hydrogen) atoms. The van der Waals surface area contributed by atoms with Gasteiger partial charge in [0.05, 0.1) is 10.5 Å². The summed E-state index contributed by atoms with van der Waals surface area (Å²) in [6.45, 7) is 6.04. The molecule has 162 valence electrons. The first-order valence-electron chi connectivity index (χ1n) is 9.49. The van der Waals surface area contributed by atoms with Gasteiger partial charge in [-0.25, -0.2) is 18.4 Å². The Morgan fingerprint density at radius 3 is 2.47 bits per heavy atom. The second-order valence-corrected chi connectivity index (χ2v) is 8.66. The fourth-order valence-electron chi connectivity index (χ4n) is 3.28. The van der Waals surface area contributed by atoms with Crippen LogP contribution in [0.15, 0.2) is 35.2 Å². The zero-order valence-corrected chi connectivity index (χ0v) is 17.5. The molecule has 1 aliphatic rings. The van der Waals surface area contributed by atoms with E-state index in [1.165, 1.54) is 23.1 Å². The Bertz CT molecular complexity index is 1020. The lowest BCUT2D eigenvalue weighted by molar-refractivity contribution is 0.0742. The van der Waals surface area contributed by atoms with E-state index in [-0.39, 0.29) is 5.56 Å². The van der Waals surface area contributed by atoms with Gasteiger partial charge in [0.1, 0.15) is 17.5 Å². The maximum absolute atomic E-state index is 13.0. The fourth-order valence-corrected chi connectivity index (χ4v) is 4.20. The summed E-state index contributed by atoms with van der Waals surface area (Å²) in [5.41, 5.74) is -0.237. The van der Waals surface area contributed by atoms with Crippen LogP contribution in [-0.4, -0.2) is 67.7 Å². The first kappa shape index (κ1) is 21.9. The lowest BCUT2D eigenvalue weighted by Crippen LogP contribution is -2.49. The van der Waals surface area contributed by atoms with Crippen LogP contribution in [0.5, 0.6) is 0 Å². The molecule has 0 radical (unpaired) electrons. The lowest BCUT2D eigenvalue weighted by Gasteiger charge is -2.35. The topological polar surface area (TPSA) is 95.5 Å². The first-order valence-corrected chi connectivity index (χ1v) is 11.0. The fraction of sp³-hybridized carbons (Fsp3) is 0.421. The Morgan fingerprint density at radius 1 is 1.17 bits per heavy atom. The summed E-state index contributed by atoms with van der Waals surface area (Å²) in [6, 6.07) is 6.92. The average Bonchev–Trinajstić information content (AvgIpc) is 2.73. The monoisotopic (exact) mass is 439 g/mol. The number of carbonyl (C=O) groups excluding carboxylic acids is 1. The van der Waals surface area contributed by atoms with Gasteiger partial charge in [0.2, 0.25) is 9.84 Å². The van der Waals surface area contributed by atoms with Crippen molar-refractivity contribution in [3.8, 4) is 0 Å². The molecule has 0 unspecified atom stereocenters. The molecule has 1 N–H and O–H groups in total. The smallest absolute Gasteiger partial charge is 0.341 e. The molecule has 0 saturated carbocycles. The number of hydrogen-bond acceptors (Lipinski definition) is 7. The number of anilines is 2. The minimum absolute atomic E-state index is 0.237. The quantitative estimate of drug-likeness (QED) is 0.737. The SMILES string of the molecule is CCNc1cc(N2CCN(C(=O)c3ccccc3S(=O)(=O)C(F)F)CC2)nc(C)n1. The van der Waals surface area contributed by atoms with Crippen molar-refractivity contribution < 1.29 is 22.0 Å². The van der Waals surface area contributed by atoms with Crippen LogP contribution in [0.4, 0.5) is 20.4 Å².